The number of aryl methyl sites for hydroxylation is 6. The molecule has 3 atom stereocenters. The number of carbonyl (C=O) groups excluding carboxylic acids is 3. The molecule has 3 aliphatic heterocycles. The summed E-state index contributed by atoms with van der Waals surface area (Å²) in [6.45, 7) is 16.1. The van der Waals surface area contributed by atoms with Gasteiger partial charge in [-0.2, -0.15) is 5.10 Å². The number of hydrogen-bond acceptors (Lipinski definition) is 14. The highest BCUT2D eigenvalue weighted by Gasteiger charge is 2.26. The minimum atomic E-state index is 0.00314. The molecule has 0 radical (unpaired) electrons. The second-order valence-corrected chi connectivity index (χ2v) is 18.8. The number of rotatable bonds is 15. The average Bonchev–Trinajstić information content (AvgIpc) is 4.28. The van der Waals surface area contributed by atoms with Gasteiger partial charge in [0.2, 0.25) is 23.6 Å². The summed E-state index contributed by atoms with van der Waals surface area (Å²) in [5, 5.41) is 24.5. The van der Waals surface area contributed by atoms with Crippen molar-refractivity contribution in [3.63, 3.8) is 0 Å². The molecule has 6 aromatic rings. The third kappa shape index (κ3) is 16.1. The van der Waals surface area contributed by atoms with Crippen LogP contribution in [-0.4, -0.2) is 127 Å². The van der Waals surface area contributed by atoms with E-state index in [1.54, 1.807) is 47.4 Å². The first kappa shape index (κ1) is 52.6. The number of amides is 3. The molecule has 384 valence electrons. The fourth-order valence-electron chi connectivity index (χ4n) is 9.08. The van der Waals surface area contributed by atoms with Crippen LogP contribution in [0.1, 0.15) is 111 Å². The first-order valence-corrected chi connectivity index (χ1v) is 25.4. The Labute approximate surface area is 421 Å². The Kier molecular flexibility index (Phi) is 19.2. The second-order valence-electron chi connectivity index (χ2n) is 18.8. The molecule has 3 saturated heterocycles. The molecule has 9 rings (SSSR count). The van der Waals surface area contributed by atoms with E-state index in [9.17, 15) is 14.4 Å². The van der Waals surface area contributed by atoms with E-state index in [0.717, 1.165) is 157 Å². The summed E-state index contributed by atoms with van der Waals surface area (Å²) < 4.78 is 21.6. The van der Waals surface area contributed by atoms with Crippen molar-refractivity contribution in [1.29, 1.82) is 0 Å². The highest BCUT2D eigenvalue weighted by Crippen LogP contribution is 2.23. The predicted molar refractivity (Wildman–Crippen MR) is 269 cm³/mol. The Morgan fingerprint density at radius 3 is 1.71 bits per heavy atom. The van der Waals surface area contributed by atoms with Crippen molar-refractivity contribution in [1.82, 2.24) is 69.6 Å². The van der Waals surface area contributed by atoms with Crippen LogP contribution in [0.15, 0.2) is 74.8 Å². The van der Waals surface area contributed by atoms with E-state index in [4.69, 9.17) is 13.4 Å². The molecule has 6 aromatic heterocycles. The smallest absolute Gasteiger partial charge is 0.246 e. The zero-order valence-corrected chi connectivity index (χ0v) is 42.7. The highest BCUT2D eigenvalue weighted by molar-refractivity contribution is 5.92. The van der Waals surface area contributed by atoms with E-state index >= 15 is 0 Å². The number of aromatic nitrogens is 11. The Balaban J connectivity index is 0.000000158. The van der Waals surface area contributed by atoms with Crippen molar-refractivity contribution in [2.75, 3.05) is 39.3 Å². The molecule has 0 aromatic carbocycles. The summed E-state index contributed by atoms with van der Waals surface area (Å²) in [6, 6.07) is 1.80. The number of hydrogen-bond donors (Lipinski definition) is 0. The molecule has 72 heavy (non-hydrogen) atoms. The maximum absolute atomic E-state index is 12.4. The van der Waals surface area contributed by atoms with Crippen molar-refractivity contribution in [2.24, 2.45) is 24.8 Å². The van der Waals surface area contributed by atoms with E-state index < -0.39 is 0 Å². The van der Waals surface area contributed by atoms with Crippen molar-refractivity contribution >= 4 is 35.9 Å². The highest BCUT2D eigenvalue weighted by atomic mass is 16.5. The summed E-state index contributed by atoms with van der Waals surface area (Å²) >= 11 is 0. The van der Waals surface area contributed by atoms with E-state index in [1.807, 2.05) is 82.7 Å². The maximum atomic E-state index is 12.4. The lowest BCUT2D eigenvalue weighted by atomic mass is 9.94. The molecule has 0 unspecified atom stereocenters. The molecule has 3 amide bonds. The van der Waals surface area contributed by atoms with Crippen LogP contribution in [0, 0.1) is 31.6 Å². The van der Waals surface area contributed by atoms with Gasteiger partial charge in [-0.3, -0.25) is 28.4 Å². The molecule has 20 heteroatoms. The molecule has 0 saturated carbocycles. The van der Waals surface area contributed by atoms with Gasteiger partial charge in [0.1, 0.15) is 23.0 Å². The maximum Gasteiger partial charge on any atom is 0.246 e. The lowest BCUT2D eigenvalue weighted by Gasteiger charge is -2.32. The zero-order valence-electron chi connectivity index (χ0n) is 42.7. The fraction of sp³-hybridized carbons (Fsp3) is 0.519. The van der Waals surface area contributed by atoms with Gasteiger partial charge < -0.3 is 28.1 Å². The van der Waals surface area contributed by atoms with Crippen molar-refractivity contribution in [3.05, 3.63) is 113 Å². The lowest BCUT2D eigenvalue weighted by Crippen LogP contribution is -2.40. The molecule has 0 spiro atoms. The zero-order chi connectivity index (χ0) is 50.8. The summed E-state index contributed by atoms with van der Waals surface area (Å²) in [5.41, 5.74) is 3.62. The number of carbonyl (C=O) groups is 3. The van der Waals surface area contributed by atoms with Crippen LogP contribution < -0.4 is 0 Å². The Morgan fingerprint density at radius 1 is 0.653 bits per heavy atom. The quantitative estimate of drug-likeness (QED) is 0.0986. The van der Waals surface area contributed by atoms with Gasteiger partial charge in [0.15, 0.2) is 5.89 Å². The van der Waals surface area contributed by atoms with Crippen LogP contribution in [0.5, 0.6) is 0 Å². The van der Waals surface area contributed by atoms with Crippen LogP contribution in [0.25, 0.3) is 18.2 Å². The van der Waals surface area contributed by atoms with Gasteiger partial charge in [-0.25, -0.2) is 9.97 Å². The summed E-state index contributed by atoms with van der Waals surface area (Å²) in [5.74, 6) is 5.00. The summed E-state index contributed by atoms with van der Waals surface area (Å²) in [6.07, 6.45) is 30.8. The third-order valence-corrected chi connectivity index (χ3v) is 12.9. The summed E-state index contributed by atoms with van der Waals surface area (Å²) in [4.78, 5) is 51.2. The molecular formula is C52H70N14O6. The lowest BCUT2D eigenvalue weighted by molar-refractivity contribution is -0.128. The Morgan fingerprint density at radius 2 is 1.22 bits per heavy atom. The average molecular weight is 987 g/mol. The molecule has 0 bridgehead atoms. The SMILES string of the molecule is CCc1cn(C[C@@H]2CCCN(C(=O)/C=C/c3cc(C)on3)C2)nn1.CCc1cn(C[C@@H]2CCCN(C(=O)/C=C/c3ncc(C)o3)C2)nn1.CCc1ncc(C[C@@H]2CCCN(C(=O)/C=C/c3cnn(C)c3)C2)o1. The topological polar surface area (TPSA) is 218 Å². The molecule has 9 heterocycles. The van der Waals surface area contributed by atoms with E-state index in [0.29, 0.717) is 29.3 Å². The van der Waals surface area contributed by atoms with Gasteiger partial charge in [0.05, 0.1) is 30.0 Å². The van der Waals surface area contributed by atoms with Crippen LogP contribution in [0.2, 0.25) is 0 Å². The van der Waals surface area contributed by atoms with Crippen LogP contribution in [-0.2, 0) is 60.2 Å². The van der Waals surface area contributed by atoms with Gasteiger partial charge in [-0.1, -0.05) is 36.4 Å². The molecule has 20 nitrogen and oxygen atoms in total. The van der Waals surface area contributed by atoms with Crippen LogP contribution >= 0.6 is 0 Å². The Bertz CT molecular complexity index is 2440. The van der Waals surface area contributed by atoms with Crippen molar-refractivity contribution in [2.45, 2.75) is 112 Å². The standard InChI is InChI=1S/C18H24N4O2.2C17H23N5O2/c1-3-17-19-11-16(24-17)9-14-5-4-8-22(13-14)18(23)7-6-15-10-20-21(2)12-15;1-3-15-12-22(20-19-15)11-14-5-4-8-21(10-14)17(23)7-6-16-18-9-13(2)24-16;1-3-15-12-22(20-18-15)11-14-5-4-8-21(10-14)17(23)7-6-16-9-13(2)24-19-16/h6-7,10-12,14H,3-5,8-9,13H2,1-2H3;2*6-7,9,12,14H,3-5,8,10-11H2,1-2H3/b3*7-6+/t3*14-/m011/s1. The van der Waals surface area contributed by atoms with Crippen molar-refractivity contribution in [3.8, 4) is 0 Å². The normalized spacial score (nSPS) is 18.4. The third-order valence-electron chi connectivity index (χ3n) is 12.9. The van der Waals surface area contributed by atoms with E-state index in [1.165, 1.54) is 6.08 Å². The van der Waals surface area contributed by atoms with Gasteiger partial charge in [0.25, 0.3) is 0 Å². The van der Waals surface area contributed by atoms with Crippen molar-refractivity contribution < 1.29 is 27.7 Å². The largest absolute Gasteiger partial charge is 0.446 e. The minimum absolute atomic E-state index is 0.00314. The van der Waals surface area contributed by atoms with Gasteiger partial charge in [0, 0.05) is 127 Å². The Hall–Kier alpha value is -7.25. The second kappa shape index (κ2) is 26.3. The molecule has 3 fully saturated rings. The fourth-order valence-corrected chi connectivity index (χ4v) is 9.08. The molecular weight excluding hydrogens is 917 g/mol. The first-order chi connectivity index (χ1) is 34.9. The van der Waals surface area contributed by atoms with Gasteiger partial charge >= 0.3 is 0 Å². The van der Waals surface area contributed by atoms with Gasteiger partial charge in [-0.05, 0) is 95.1 Å². The van der Waals surface area contributed by atoms with E-state index in [2.05, 4.69) is 54.7 Å². The van der Waals surface area contributed by atoms with Gasteiger partial charge in [-0.15, -0.1) is 10.2 Å². The van der Waals surface area contributed by atoms with Crippen LogP contribution in [0.3, 0.4) is 0 Å². The molecule has 0 N–H and O–H groups in total. The predicted octanol–water partition coefficient (Wildman–Crippen LogP) is 6.64. The van der Waals surface area contributed by atoms with Crippen LogP contribution in [0.4, 0.5) is 0 Å². The monoisotopic (exact) mass is 987 g/mol. The first-order valence-electron chi connectivity index (χ1n) is 25.4. The number of piperidine rings is 3. The molecule has 0 aliphatic carbocycles. The number of nitrogens with zero attached hydrogens (tertiary/aromatic N) is 14. The minimum Gasteiger partial charge on any atom is -0.446 e. The molecule has 3 aliphatic rings. The number of likely N-dealkylation sites (tertiary alicyclic amines) is 3. The number of oxazole rings is 2. The summed E-state index contributed by atoms with van der Waals surface area (Å²) in [7, 11) is 1.86. The van der Waals surface area contributed by atoms with E-state index in [-0.39, 0.29) is 17.7 Å².